The minimum absolute atomic E-state index is 0.170. The SMILES string of the molecule is COC(=O)C1CCN1C(C)(CO)CO. The van der Waals surface area contributed by atoms with Crippen molar-refractivity contribution < 1.29 is 19.7 Å². The molecule has 0 aromatic heterocycles. The number of hydrogen-bond donors (Lipinski definition) is 2. The predicted octanol–water partition coefficient (Wildman–Crippen LogP) is -1.02. The summed E-state index contributed by atoms with van der Waals surface area (Å²) in [5.41, 5.74) is -0.725. The van der Waals surface area contributed by atoms with Gasteiger partial charge in [-0.15, -0.1) is 0 Å². The highest BCUT2D eigenvalue weighted by Gasteiger charge is 2.45. The maximum Gasteiger partial charge on any atom is 0.323 e. The molecule has 14 heavy (non-hydrogen) atoms. The molecule has 0 aromatic rings. The van der Waals surface area contributed by atoms with Crippen LogP contribution in [0.1, 0.15) is 13.3 Å². The number of carbonyl (C=O) groups is 1. The highest BCUT2D eigenvalue weighted by Crippen LogP contribution is 2.28. The Morgan fingerprint density at radius 1 is 1.57 bits per heavy atom. The normalized spacial score (nSPS) is 23.0. The van der Waals surface area contributed by atoms with Crippen LogP contribution in [0.15, 0.2) is 0 Å². The van der Waals surface area contributed by atoms with Gasteiger partial charge < -0.3 is 14.9 Å². The molecule has 1 aliphatic heterocycles. The van der Waals surface area contributed by atoms with E-state index in [4.69, 9.17) is 10.2 Å². The summed E-state index contributed by atoms with van der Waals surface area (Å²) in [5, 5.41) is 18.3. The summed E-state index contributed by atoms with van der Waals surface area (Å²) in [6.45, 7) is 2.09. The van der Waals surface area contributed by atoms with E-state index in [1.807, 2.05) is 0 Å². The maximum atomic E-state index is 11.3. The quantitative estimate of drug-likeness (QED) is 0.572. The van der Waals surface area contributed by atoms with E-state index < -0.39 is 5.54 Å². The number of hydrogen-bond acceptors (Lipinski definition) is 5. The van der Waals surface area contributed by atoms with Gasteiger partial charge in [0.1, 0.15) is 6.04 Å². The summed E-state index contributed by atoms with van der Waals surface area (Å²) in [4.78, 5) is 13.0. The van der Waals surface area contributed by atoms with Gasteiger partial charge in [0, 0.05) is 6.54 Å². The van der Waals surface area contributed by atoms with E-state index in [2.05, 4.69) is 4.74 Å². The van der Waals surface area contributed by atoms with Crippen LogP contribution in [-0.2, 0) is 9.53 Å². The largest absolute Gasteiger partial charge is 0.468 e. The molecule has 0 aliphatic carbocycles. The summed E-state index contributed by atoms with van der Waals surface area (Å²) < 4.78 is 4.62. The number of rotatable bonds is 4. The van der Waals surface area contributed by atoms with E-state index in [-0.39, 0.29) is 25.2 Å². The van der Waals surface area contributed by atoms with Crippen LogP contribution >= 0.6 is 0 Å². The molecule has 0 spiro atoms. The minimum atomic E-state index is -0.725. The number of likely N-dealkylation sites (tertiary alicyclic amines) is 1. The van der Waals surface area contributed by atoms with Crippen LogP contribution in [0.3, 0.4) is 0 Å². The van der Waals surface area contributed by atoms with E-state index >= 15 is 0 Å². The van der Waals surface area contributed by atoms with Crippen LogP contribution in [-0.4, -0.2) is 59.5 Å². The Balaban J connectivity index is 2.65. The van der Waals surface area contributed by atoms with Gasteiger partial charge in [-0.1, -0.05) is 0 Å². The number of methoxy groups -OCH3 is 1. The number of aliphatic hydroxyl groups excluding tert-OH is 2. The highest BCUT2D eigenvalue weighted by molar-refractivity contribution is 5.76. The zero-order valence-corrected chi connectivity index (χ0v) is 8.56. The fourth-order valence-corrected chi connectivity index (χ4v) is 1.65. The highest BCUT2D eigenvalue weighted by atomic mass is 16.5. The van der Waals surface area contributed by atoms with Gasteiger partial charge in [0.15, 0.2) is 0 Å². The molecule has 82 valence electrons. The van der Waals surface area contributed by atoms with Crippen molar-refractivity contribution in [1.82, 2.24) is 4.90 Å². The third-order valence-electron chi connectivity index (χ3n) is 2.87. The Hall–Kier alpha value is -0.650. The molecule has 1 atom stereocenters. The molecule has 5 nitrogen and oxygen atoms in total. The first-order valence-corrected chi connectivity index (χ1v) is 4.65. The Morgan fingerprint density at radius 2 is 2.14 bits per heavy atom. The summed E-state index contributed by atoms with van der Waals surface area (Å²) in [6, 6.07) is -0.315. The van der Waals surface area contributed by atoms with Crippen LogP contribution in [0, 0.1) is 0 Å². The molecule has 1 aliphatic rings. The predicted molar refractivity (Wildman–Crippen MR) is 49.7 cm³/mol. The van der Waals surface area contributed by atoms with Gasteiger partial charge in [-0.3, -0.25) is 9.69 Å². The molecule has 0 aromatic carbocycles. The number of ether oxygens (including phenoxy) is 1. The molecule has 5 heteroatoms. The summed E-state index contributed by atoms with van der Waals surface area (Å²) in [6.07, 6.45) is 0.724. The number of nitrogens with zero attached hydrogens (tertiary/aromatic N) is 1. The zero-order chi connectivity index (χ0) is 10.8. The van der Waals surface area contributed by atoms with Crippen molar-refractivity contribution in [1.29, 1.82) is 0 Å². The average Bonchev–Trinajstić information content (AvgIpc) is 2.15. The molecule has 1 heterocycles. The van der Waals surface area contributed by atoms with Crippen molar-refractivity contribution in [2.24, 2.45) is 0 Å². The molecule has 1 unspecified atom stereocenters. The molecule has 0 bridgehead atoms. The first-order chi connectivity index (χ1) is 6.59. The molecular weight excluding hydrogens is 186 g/mol. The molecule has 1 fully saturated rings. The third-order valence-corrected chi connectivity index (χ3v) is 2.87. The van der Waals surface area contributed by atoms with Crippen LogP contribution in [0.2, 0.25) is 0 Å². The zero-order valence-electron chi connectivity index (χ0n) is 8.56. The first-order valence-electron chi connectivity index (χ1n) is 4.65. The van der Waals surface area contributed by atoms with Crippen molar-refractivity contribution in [3.8, 4) is 0 Å². The van der Waals surface area contributed by atoms with E-state index in [1.54, 1.807) is 11.8 Å². The number of carbonyl (C=O) groups excluding carboxylic acids is 1. The van der Waals surface area contributed by atoms with Crippen LogP contribution in [0.25, 0.3) is 0 Å². The van der Waals surface area contributed by atoms with Crippen molar-refractivity contribution >= 4 is 5.97 Å². The van der Waals surface area contributed by atoms with Crippen LogP contribution in [0.4, 0.5) is 0 Å². The molecule has 0 radical (unpaired) electrons. The van der Waals surface area contributed by atoms with Gasteiger partial charge >= 0.3 is 5.97 Å². The van der Waals surface area contributed by atoms with Crippen molar-refractivity contribution in [3.05, 3.63) is 0 Å². The van der Waals surface area contributed by atoms with Crippen molar-refractivity contribution in [3.63, 3.8) is 0 Å². The number of aliphatic hydroxyl groups is 2. The Labute approximate surface area is 83.3 Å². The lowest BCUT2D eigenvalue weighted by Gasteiger charge is -2.49. The fourth-order valence-electron chi connectivity index (χ4n) is 1.65. The second-order valence-electron chi connectivity index (χ2n) is 3.83. The molecule has 1 saturated heterocycles. The molecule has 2 N–H and O–H groups in total. The fraction of sp³-hybridized carbons (Fsp3) is 0.889. The van der Waals surface area contributed by atoms with Crippen LogP contribution in [0.5, 0.6) is 0 Å². The summed E-state index contributed by atoms with van der Waals surface area (Å²) in [7, 11) is 1.34. The third kappa shape index (κ3) is 1.75. The standard InChI is InChI=1S/C9H17NO4/c1-9(5-11,6-12)10-4-3-7(10)8(13)14-2/h7,11-12H,3-6H2,1-2H3. The van der Waals surface area contributed by atoms with E-state index in [0.29, 0.717) is 6.54 Å². The lowest BCUT2D eigenvalue weighted by molar-refractivity contribution is -0.161. The average molecular weight is 203 g/mol. The van der Waals surface area contributed by atoms with Crippen molar-refractivity contribution in [2.45, 2.75) is 24.9 Å². The number of esters is 1. The van der Waals surface area contributed by atoms with Gasteiger partial charge in [0.25, 0.3) is 0 Å². The molecular formula is C9H17NO4. The van der Waals surface area contributed by atoms with E-state index in [1.165, 1.54) is 7.11 Å². The summed E-state index contributed by atoms with van der Waals surface area (Å²) in [5.74, 6) is -0.302. The van der Waals surface area contributed by atoms with E-state index in [9.17, 15) is 4.79 Å². The lowest BCUT2D eigenvalue weighted by Crippen LogP contribution is -2.65. The van der Waals surface area contributed by atoms with Gasteiger partial charge in [0.05, 0.1) is 25.9 Å². The topological polar surface area (TPSA) is 70.0 Å². The van der Waals surface area contributed by atoms with Gasteiger partial charge in [-0.05, 0) is 13.3 Å². The second-order valence-corrected chi connectivity index (χ2v) is 3.83. The Kier molecular flexibility index (Phi) is 3.47. The minimum Gasteiger partial charge on any atom is -0.468 e. The lowest BCUT2D eigenvalue weighted by atomic mass is 9.91. The van der Waals surface area contributed by atoms with Gasteiger partial charge in [0.2, 0.25) is 0 Å². The maximum absolute atomic E-state index is 11.3. The molecule has 0 saturated carbocycles. The molecule has 0 amide bonds. The first kappa shape index (κ1) is 11.4. The second kappa shape index (κ2) is 4.25. The monoisotopic (exact) mass is 203 g/mol. The summed E-state index contributed by atoms with van der Waals surface area (Å²) >= 11 is 0. The Bertz CT molecular complexity index is 215. The van der Waals surface area contributed by atoms with E-state index in [0.717, 1.165) is 6.42 Å². The van der Waals surface area contributed by atoms with Gasteiger partial charge in [-0.25, -0.2) is 0 Å². The van der Waals surface area contributed by atoms with Crippen molar-refractivity contribution in [2.75, 3.05) is 26.9 Å². The smallest absolute Gasteiger partial charge is 0.323 e. The Morgan fingerprint density at radius 3 is 2.43 bits per heavy atom. The van der Waals surface area contributed by atoms with Crippen LogP contribution < -0.4 is 0 Å². The van der Waals surface area contributed by atoms with Gasteiger partial charge in [-0.2, -0.15) is 0 Å². The molecule has 1 rings (SSSR count).